The first-order chi connectivity index (χ1) is 18.9. The molecule has 0 amide bonds. The highest BCUT2D eigenvalue weighted by atomic mass is 19.1. The third-order valence-corrected chi connectivity index (χ3v) is 7.99. The fraction of sp³-hybridized carbons (Fsp3) is 0.414. The lowest BCUT2D eigenvalue weighted by Gasteiger charge is -2.45. The number of imidazole rings is 1. The maximum absolute atomic E-state index is 15.0. The lowest BCUT2D eigenvalue weighted by molar-refractivity contribution is 0.161. The fourth-order valence-electron chi connectivity index (χ4n) is 6.06. The van der Waals surface area contributed by atoms with E-state index in [4.69, 9.17) is 4.74 Å². The van der Waals surface area contributed by atoms with Crippen molar-refractivity contribution < 1.29 is 13.5 Å². The number of hydrogen-bond acceptors (Lipinski definition) is 7. The van der Waals surface area contributed by atoms with E-state index in [9.17, 15) is 4.39 Å². The van der Waals surface area contributed by atoms with Gasteiger partial charge in [-0.3, -0.25) is 4.90 Å². The molecule has 10 heteroatoms. The Labute approximate surface area is 225 Å². The van der Waals surface area contributed by atoms with Crippen molar-refractivity contribution in [1.82, 2.24) is 24.4 Å². The summed E-state index contributed by atoms with van der Waals surface area (Å²) in [6.07, 6.45) is 3.74. The van der Waals surface area contributed by atoms with Crippen LogP contribution in [0.2, 0.25) is 0 Å². The molecule has 1 unspecified atom stereocenters. The van der Waals surface area contributed by atoms with Gasteiger partial charge >= 0.3 is 0 Å². The summed E-state index contributed by atoms with van der Waals surface area (Å²) in [6.45, 7) is 9.60. The summed E-state index contributed by atoms with van der Waals surface area (Å²) >= 11 is 0. The normalized spacial score (nSPS) is 19.2. The number of fused-ring (bicyclic) bond motifs is 4. The number of halogens is 2. The van der Waals surface area contributed by atoms with Crippen LogP contribution in [-0.2, 0) is 0 Å². The van der Waals surface area contributed by atoms with Crippen LogP contribution in [0.4, 0.5) is 26.1 Å². The van der Waals surface area contributed by atoms with Crippen LogP contribution in [0, 0.1) is 18.6 Å². The van der Waals surface area contributed by atoms with Crippen molar-refractivity contribution in [2.45, 2.75) is 51.7 Å². The standard InChI is InChI=1S/C29H31F2N7O/c1-16(2)38-17(3)33-28-22(30)10-18(11-25(28)38)27-23(31)13-32-29(35-27)34-19-4-7-24-26(12-19)39-15-21-14-36(20-5-6-20)8-9-37(21)24/h4,7,10-13,16,20-21H,5-6,8-9,14-15H2,1-3H3,(H,32,34,35). The summed E-state index contributed by atoms with van der Waals surface area (Å²) in [5.74, 6) is 0.583. The number of anilines is 3. The molecule has 39 heavy (non-hydrogen) atoms. The quantitative estimate of drug-likeness (QED) is 0.367. The highest BCUT2D eigenvalue weighted by Crippen LogP contribution is 2.39. The largest absolute Gasteiger partial charge is 0.489 e. The molecule has 8 nitrogen and oxygen atoms in total. The maximum Gasteiger partial charge on any atom is 0.227 e. The van der Waals surface area contributed by atoms with Crippen molar-refractivity contribution in [1.29, 1.82) is 0 Å². The molecule has 0 radical (unpaired) electrons. The maximum atomic E-state index is 15.0. The first-order valence-corrected chi connectivity index (χ1v) is 13.6. The van der Waals surface area contributed by atoms with Gasteiger partial charge < -0.3 is 19.5 Å². The van der Waals surface area contributed by atoms with Gasteiger partial charge in [0.1, 0.15) is 29.4 Å². The average molecular weight is 532 g/mol. The van der Waals surface area contributed by atoms with E-state index in [1.165, 1.54) is 18.9 Å². The number of aryl methyl sites for hydroxylation is 1. The molecule has 7 rings (SSSR count). The van der Waals surface area contributed by atoms with Crippen LogP contribution in [0.3, 0.4) is 0 Å². The first kappa shape index (κ1) is 24.3. The predicted molar refractivity (Wildman–Crippen MR) is 147 cm³/mol. The van der Waals surface area contributed by atoms with Gasteiger partial charge in [0, 0.05) is 49.0 Å². The van der Waals surface area contributed by atoms with Gasteiger partial charge in [-0.1, -0.05) is 0 Å². The summed E-state index contributed by atoms with van der Waals surface area (Å²) in [7, 11) is 0. The van der Waals surface area contributed by atoms with Crippen molar-refractivity contribution in [2.75, 3.05) is 36.5 Å². The number of nitrogens with one attached hydrogen (secondary N) is 1. The van der Waals surface area contributed by atoms with Gasteiger partial charge in [0.25, 0.3) is 0 Å². The lowest BCUT2D eigenvalue weighted by Crippen LogP contribution is -2.57. The minimum atomic E-state index is -0.628. The number of piperazine rings is 1. The van der Waals surface area contributed by atoms with Crippen LogP contribution in [0.1, 0.15) is 38.6 Å². The van der Waals surface area contributed by atoms with Gasteiger partial charge in [-0.25, -0.2) is 23.7 Å². The van der Waals surface area contributed by atoms with Gasteiger partial charge in [-0.15, -0.1) is 0 Å². The average Bonchev–Trinajstić information content (AvgIpc) is 3.71. The molecule has 2 aromatic heterocycles. The van der Waals surface area contributed by atoms with E-state index < -0.39 is 11.6 Å². The molecule has 0 bridgehead atoms. The van der Waals surface area contributed by atoms with E-state index in [1.54, 1.807) is 6.07 Å². The Bertz CT molecular complexity index is 1580. The van der Waals surface area contributed by atoms with Crippen LogP contribution in [0.15, 0.2) is 36.5 Å². The van der Waals surface area contributed by atoms with Crippen LogP contribution >= 0.6 is 0 Å². The van der Waals surface area contributed by atoms with Crippen molar-refractivity contribution in [3.05, 3.63) is 54.0 Å². The Morgan fingerprint density at radius 3 is 2.67 bits per heavy atom. The molecule has 4 heterocycles. The Hall–Kier alpha value is -3.79. The number of hydrogen-bond donors (Lipinski definition) is 1. The summed E-state index contributed by atoms with van der Waals surface area (Å²) < 4.78 is 38.1. The zero-order valence-electron chi connectivity index (χ0n) is 22.3. The van der Waals surface area contributed by atoms with Crippen molar-refractivity contribution in [3.63, 3.8) is 0 Å². The Kier molecular flexibility index (Phi) is 5.69. The van der Waals surface area contributed by atoms with Crippen LogP contribution in [0.5, 0.6) is 5.75 Å². The van der Waals surface area contributed by atoms with E-state index >= 15 is 4.39 Å². The third kappa shape index (κ3) is 4.27. The molecule has 1 N–H and O–H groups in total. The SMILES string of the molecule is Cc1nc2c(F)cc(-c3nc(Nc4ccc5c(c4)OCC4CN(C6CC6)CCN54)ncc3F)cc2n1C(C)C. The molecule has 2 aliphatic heterocycles. The van der Waals surface area contributed by atoms with Gasteiger partial charge in [0.15, 0.2) is 11.6 Å². The molecule has 1 aliphatic carbocycles. The second-order valence-electron chi connectivity index (χ2n) is 11.0. The number of benzene rings is 2. The van der Waals surface area contributed by atoms with Crippen LogP contribution in [-0.4, -0.2) is 62.7 Å². The number of nitrogens with zero attached hydrogens (tertiary/aromatic N) is 6. The summed E-state index contributed by atoms with van der Waals surface area (Å²) in [4.78, 5) is 18.0. The molecule has 1 saturated heterocycles. The summed E-state index contributed by atoms with van der Waals surface area (Å²) in [5.41, 5.74) is 3.05. The molecular weight excluding hydrogens is 500 g/mol. The zero-order valence-corrected chi connectivity index (χ0v) is 22.3. The van der Waals surface area contributed by atoms with E-state index in [0.29, 0.717) is 29.6 Å². The van der Waals surface area contributed by atoms with Gasteiger partial charge in [-0.05, 0) is 57.9 Å². The Balaban J connectivity index is 1.16. The number of aromatic nitrogens is 4. The number of rotatable bonds is 5. The molecular formula is C29H31F2N7O. The van der Waals surface area contributed by atoms with Gasteiger partial charge in [-0.2, -0.15) is 0 Å². The molecule has 4 aromatic rings. The second kappa shape index (κ2) is 9.15. The van der Waals surface area contributed by atoms with Crippen molar-refractivity contribution in [3.8, 4) is 17.0 Å². The summed E-state index contributed by atoms with van der Waals surface area (Å²) in [6, 6.07) is 10.2. The van der Waals surface area contributed by atoms with Crippen LogP contribution < -0.4 is 15.0 Å². The van der Waals surface area contributed by atoms with Crippen LogP contribution in [0.25, 0.3) is 22.3 Å². The Morgan fingerprint density at radius 2 is 1.87 bits per heavy atom. The molecule has 0 spiro atoms. The topological polar surface area (TPSA) is 71.3 Å². The fourth-order valence-corrected chi connectivity index (χ4v) is 6.06. The molecule has 1 atom stereocenters. The van der Waals surface area contributed by atoms with E-state index in [-0.39, 0.29) is 23.2 Å². The summed E-state index contributed by atoms with van der Waals surface area (Å²) in [5, 5.41) is 3.17. The zero-order chi connectivity index (χ0) is 26.8. The van der Waals surface area contributed by atoms with E-state index in [2.05, 4.69) is 36.1 Å². The van der Waals surface area contributed by atoms with Gasteiger partial charge in [0.2, 0.25) is 5.95 Å². The molecule has 1 saturated carbocycles. The first-order valence-electron chi connectivity index (χ1n) is 13.6. The Morgan fingerprint density at radius 1 is 1.03 bits per heavy atom. The monoisotopic (exact) mass is 531 g/mol. The van der Waals surface area contributed by atoms with Crippen molar-refractivity contribution >= 4 is 28.4 Å². The molecule has 2 aromatic carbocycles. The minimum Gasteiger partial charge on any atom is -0.489 e. The number of ether oxygens (including phenoxy) is 1. The molecule has 2 fully saturated rings. The highest BCUT2D eigenvalue weighted by Gasteiger charge is 2.38. The van der Waals surface area contributed by atoms with Crippen molar-refractivity contribution in [2.24, 2.45) is 0 Å². The third-order valence-electron chi connectivity index (χ3n) is 7.99. The highest BCUT2D eigenvalue weighted by molar-refractivity contribution is 5.83. The van der Waals surface area contributed by atoms with E-state index in [1.807, 2.05) is 37.5 Å². The second-order valence-corrected chi connectivity index (χ2v) is 11.0. The smallest absolute Gasteiger partial charge is 0.227 e. The van der Waals surface area contributed by atoms with Gasteiger partial charge in [0.05, 0.1) is 23.4 Å². The lowest BCUT2D eigenvalue weighted by atomic mass is 10.1. The minimum absolute atomic E-state index is 0.0213. The van der Waals surface area contributed by atoms with E-state index in [0.717, 1.165) is 49.0 Å². The molecule has 202 valence electrons. The molecule has 3 aliphatic rings. The predicted octanol–water partition coefficient (Wildman–Crippen LogP) is 5.45.